The van der Waals surface area contributed by atoms with E-state index >= 15 is 0 Å². The maximum absolute atomic E-state index is 14.0. The summed E-state index contributed by atoms with van der Waals surface area (Å²) in [4.78, 5) is 29.6. The fourth-order valence-electron chi connectivity index (χ4n) is 4.44. The Kier molecular flexibility index (Phi) is 5.54. The Morgan fingerprint density at radius 3 is 2.67 bits per heavy atom. The zero-order valence-corrected chi connectivity index (χ0v) is 19.3. The molecule has 0 aromatic heterocycles. The number of methoxy groups -OCH3 is 1. The van der Waals surface area contributed by atoms with E-state index < -0.39 is 4.87 Å². The number of halogens is 2. The lowest BCUT2D eigenvalue weighted by molar-refractivity contribution is -0.123. The first-order valence-electron chi connectivity index (χ1n) is 10.4. The van der Waals surface area contributed by atoms with Crippen molar-refractivity contribution >= 4 is 40.9 Å². The van der Waals surface area contributed by atoms with Crippen molar-refractivity contribution in [1.29, 1.82) is 0 Å². The molecule has 0 radical (unpaired) electrons. The summed E-state index contributed by atoms with van der Waals surface area (Å²) in [5.41, 5.74) is 2.52. The van der Waals surface area contributed by atoms with Crippen molar-refractivity contribution in [2.45, 2.75) is 11.4 Å². The highest BCUT2D eigenvalue weighted by atomic mass is 35.5. The lowest BCUT2D eigenvalue weighted by Gasteiger charge is -2.33. The minimum absolute atomic E-state index is 0.196. The van der Waals surface area contributed by atoms with Crippen LogP contribution in [0, 0.1) is 5.82 Å². The van der Waals surface area contributed by atoms with Gasteiger partial charge in [-0.1, -0.05) is 23.7 Å². The highest BCUT2D eigenvalue weighted by molar-refractivity contribution is 8.01. The average molecular weight is 483 g/mol. The number of nitrogens with zero attached hydrogens (tertiary/aromatic N) is 2. The number of ether oxygens (including phenoxy) is 1. The molecule has 2 aliphatic heterocycles. The van der Waals surface area contributed by atoms with Gasteiger partial charge in [-0.15, -0.1) is 11.8 Å². The molecule has 3 aromatic rings. The van der Waals surface area contributed by atoms with Gasteiger partial charge in [0.25, 0.3) is 11.8 Å². The summed E-state index contributed by atoms with van der Waals surface area (Å²) in [6.45, 7) is 0.615. The van der Waals surface area contributed by atoms with Gasteiger partial charge in [-0.2, -0.15) is 0 Å². The summed E-state index contributed by atoms with van der Waals surface area (Å²) in [6, 6.07) is 18.3. The molecule has 5 nitrogen and oxygen atoms in total. The molecule has 0 aliphatic carbocycles. The molecule has 0 saturated carbocycles. The molecule has 1 spiro atoms. The van der Waals surface area contributed by atoms with Crippen LogP contribution in [0.15, 0.2) is 66.7 Å². The number of benzene rings is 3. The third-order valence-corrected chi connectivity index (χ3v) is 7.64. The van der Waals surface area contributed by atoms with E-state index in [1.54, 1.807) is 59.4 Å². The Bertz CT molecular complexity index is 1250. The predicted molar refractivity (Wildman–Crippen MR) is 127 cm³/mol. The third-order valence-electron chi connectivity index (χ3n) is 5.97. The van der Waals surface area contributed by atoms with Crippen molar-refractivity contribution in [3.8, 4) is 5.75 Å². The second kappa shape index (κ2) is 8.39. The summed E-state index contributed by atoms with van der Waals surface area (Å²) in [5, 5.41) is 0.533. The van der Waals surface area contributed by atoms with Crippen LogP contribution in [0.3, 0.4) is 0 Å². The third kappa shape index (κ3) is 3.56. The van der Waals surface area contributed by atoms with E-state index in [9.17, 15) is 14.0 Å². The van der Waals surface area contributed by atoms with Crippen molar-refractivity contribution in [1.82, 2.24) is 4.90 Å². The monoisotopic (exact) mass is 482 g/mol. The molecule has 168 valence electrons. The van der Waals surface area contributed by atoms with Gasteiger partial charge in [0, 0.05) is 28.4 Å². The number of rotatable bonds is 4. The zero-order chi connectivity index (χ0) is 23.2. The Morgan fingerprint density at radius 2 is 1.94 bits per heavy atom. The normalized spacial score (nSPS) is 19.3. The first kappa shape index (κ1) is 21.8. The number of hydrogen-bond acceptors (Lipinski definition) is 4. The molecular formula is C25H20ClFN2O3S. The van der Waals surface area contributed by atoms with E-state index in [0.29, 0.717) is 45.4 Å². The lowest BCUT2D eigenvalue weighted by atomic mass is 10.0. The van der Waals surface area contributed by atoms with Gasteiger partial charge >= 0.3 is 0 Å². The molecule has 0 unspecified atom stereocenters. The quantitative estimate of drug-likeness (QED) is 0.520. The van der Waals surface area contributed by atoms with Gasteiger partial charge in [0.05, 0.1) is 19.3 Å². The van der Waals surface area contributed by atoms with Crippen LogP contribution in [0.1, 0.15) is 21.5 Å². The van der Waals surface area contributed by atoms with E-state index in [-0.39, 0.29) is 24.2 Å². The SMILES string of the molecule is COc1ccc2c(c1)[C@]1(SCCN1C(=O)c1ccc(Cl)cc1)C(=O)N2Cc1cccc(F)c1. The van der Waals surface area contributed by atoms with E-state index in [1.807, 2.05) is 12.1 Å². The number of amides is 2. The summed E-state index contributed by atoms with van der Waals surface area (Å²) in [6.07, 6.45) is 0. The van der Waals surface area contributed by atoms with Crippen LogP contribution in [0.5, 0.6) is 5.75 Å². The molecule has 1 saturated heterocycles. The van der Waals surface area contributed by atoms with Gasteiger partial charge in [-0.25, -0.2) is 4.39 Å². The Labute approximate surface area is 200 Å². The van der Waals surface area contributed by atoms with Gasteiger partial charge in [-0.05, 0) is 60.2 Å². The number of anilines is 1. The Hall–Kier alpha value is -3.03. The predicted octanol–water partition coefficient (Wildman–Crippen LogP) is 5.08. The summed E-state index contributed by atoms with van der Waals surface area (Å²) in [5.74, 6) is 0.375. The highest BCUT2D eigenvalue weighted by Crippen LogP contribution is 2.55. The zero-order valence-electron chi connectivity index (χ0n) is 17.8. The van der Waals surface area contributed by atoms with Crippen molar-refractivity contribution in [3.05, 3.63) is 94.3 Å². The van der Waals surface area contributed by atoms with Gasteiger partial charge in [0.2, 0.25) is 0 Å². The van der Waals surface area contributed by atoms with Crippen LogP contribution >= 0.6 is 23.4 Å². The Morgan fingerprint density at radius 1 is 1.15 bits per heavy atom. The smallest absolute Gasteiger partial charge is 0.268 e. The molecular weight excluding hydrogens is 463 g/mol. The van der Waals surface area contributed by atoms with Crippen molar-refractivity contribution < 1.29 is 18.7 Å². The molecule has 5 rings (SSSR count). The van der Waals surface area contributed by atoms with Crippen LogP contribution in [-0.4, -0.2) is 36.1 Å². The number of fused-ring (bicyclic) bond motifs is 2. The average Bonchev–Trinajstić information content (AvgIpc) is 3.36. The fourth-order valence-corrected chi connectivity index (χ4v) is 6.02. The maximum atomic E-state index is 14.0. The maximum Gasteiger partial charge on any atom is 0.268 e. The number of hydrogen-bond donors (Lipinski definition) is 0. The minimum atomic E-state index is -1.21. The fraction of sp³-hybridized carbons (Fsp3) is 0.200. The summed E-state index contributed by atoms with van der Waals surface area (Å²) in [7, 11) is 1.56. The second-order valence-corrected chi connectivity index (χ2v) is 9.58. The summed E-state index contributed by atoms with van der Waals surface area (Å²) >= 11 is 7.43. The number of carbonyl (C=O) groups is 2. The van der Waals surface area contributed by atoms with Crippen molar-refractivity contribution in [2.24, 2.45) is 0 Å². The van der Waals surface area contributed by atoms with E-state index in [2.05, 4.69) is 0 Å². The van der Waals surface area contributed by atoms with Crippen molar-refractivity contribution in [3.63, 3.8) is 0 Å². The standard InChI is InChI=1S/C25H20ClFN2O3S/c1-32-20-9-10-22-21(14-20)25(24(31)28(22)15-16-3-2-4-19(27)13-16)29(11-12-33-25)23(30)17-5-7-18(26)8-6-17/h2-10,13-14H,11-12,15H2,1H3/t25-/m0/s1. The van der Waals surface area contributed by atoms with Gasteiger partial charge in [-0.3, -0.25) is 9.59 Å². The number of carbonyl (C=O) groups excluding carboxylic acids is 2. The Balaban J connectivity index is 1.61. The molecule has 1 fully saturated rings. The van der Waals surface area contributed by atoms with Crippen LogP contribution < -0.4 is 9.64 Å². The molecule has 8 heteroatoms. The molecule has 0 bridgehead atoms. The van der Waals surface area contributed by atoms with Gasteiger partial charge < -0.3 is 14.5 Å². The highest BCUT2D eigenvalue weighted by Gasteiger charge is 2.59. The minimum Gasteiger partial charge on any atom is -0.497 e. The van der Waals surface area contributed by atoms with Crippen LogP contribution in [0.25, 0.3) is 0 Å². The van der Waals surface area contributed by atoms with Gasteiger partial charge in [0.1, 0.15) is 11.6 Å². The topological polar surface area (TPSA) is 49.9 Å². The largest absolute Gasteiger partial charge is 0.497 e. The van der Waals surface area contributed by atoms with E-state index in [0.717, 1.165) is 0 Å². The lowest BCUT2D eigenvalue weighted by Crippen LogP contribution is -2.50. The van der Waals surface area contributed by atoms with Crippen LogP contribution in [-0.2, 0) is 16.2 Å². The van der Waals surface area contributed by atoms with E-state index in [4.69, 9.17) is 16.3 Å². The van der Waals surface area contributed by atoms with Crippen LogP contribution in [0.2, 0.25) is 5.02 Å². The molecule has 2 heterocycles. The van der Waals surface area contributed by atoms with E-state index in [1.165, 1.54) is 23.9 Å². The molecule has 0 N–H and O–H groups in total. The first-order valence-corrected chi connectivity index (χ1v) is 11.8. The second-order valence-electron chi connectivity index (χ2n) is 7.86. The molecule has 33 heavy (non-hydrogen) atoms. The molecule has 1 atom stereocenters. The first-order chi connectivity index (χ1) is 15.9. The van der Waals surface area contributed by atoms with Crippen molar-refractivity contribution in [2.75, 3.05) is 24.3 Å². The molecule has 2 aliphatic rings. The van der Waals surface area contributed by atoms with Gasteiger partial charge in [0.15, 0.2) is 4.87 Å². The summed E-state index contributed by atoms with van der Waals surface area (Å²) < 4.78 is 19.3. The van der Waals surface area contributed by atoms with Crippen LogP contribution in [0.4, 0.5) is 10.1 Å². The number of thioether (sulfide) groups is 1. The molecule has 3 aromatic carbocycles. The molecule has 2 amide bonds.